The van der Waals surface area contributed by atoms with Gasteiger partial charge in [-0.1, -0.05) is 19.1 Å². The second-order valence-corrected chi connectivity index (χ2v) is 8.67. The summed E-state index contributed by atoms with van der Waals surface area (Å²) in [4.78, 5) is 28.3. The molecule has 0 bridgehead atoms. The Labute approximate surface area is 188 Å². The highest BCUT2D eigenvalue weighted by Crippen LogP contribution is 2.30. The Kier molecular flexibility index (Phi) is 7.02. The van der Waals surface area contributed by atoms with Crippen molar-refractivity contribution in [2.45, 2.75) is 26.3 Å². The molecule has 1 N–H and O–H groups in total. The first-order chi connectivity index (χ1) is 15.5. The van der Waals surface area contributed by atoms with E-state index in [-0.39, 0.29) is 17.2 Å². The molecule has 2 fully saturated rings. The first-order valence-corrected chi connectivity index (χ1v) is 11.2. The van der Waals surface area contributed by atoms with Crippen molar-refractivity contribution < 1.29 is 14.5 Å². The van der Waals surface area contributed by atoms with Crippen LogP contribution < -0.4 is 10.2 Å². The third-order valence-electron chi connectivity index (χ3n) is 6.28. The number of carbonyl (C=O) groups excluding carboxylic acids is 1. The molecule has 2 aromatic rings. The molecular weight excluding hydrogens is 408 g/mol. The number of hydrogen-bond donors (Lipinski definition) is 1. The summed E-state index contributed by atoms with van der Waals surface area (Å²) in [6, 6.07) is 12.5. The number of piperidine rings is 1. The molecule has 0 aliphatic carbocycles. The van der Waals surface area contributed by atoms with Crippen LogP contribution in [-0.4, -0.2) is 55.1 Å². The van der Waals surface area contributed by atoms with E-state index in [1.165, 1.54) is 24.5 Å². The Morgan fingerprint density at radius 3 is 2.44 bits per heavy atom. The molecule has 0 aromatic heterocycles. The van der Waals surface area contributed by atoms with Gasteiger partial charge in [0.2, 0.25) is 0 Å². The first kappa shape index (κ1) is 22.2. The molecule has 0 unspecified atom stereocenters. The number of likely N-dealkylation sites (tertiary alicyclic amines) is 1. The molecule has 4 rings (SSSR count). The number of nitrogens with one attached hydrogen (secondary N) is 1. The fraction of sp³-hybridized carbons (Fsp3) is 0.458. The van der Waals surface area contributed by atoms with Gasteiger partial charge in [0.15, 0.2) is 0 Å². The van der Waals surface area contributed by atoms with E-state index in [0.29, 0.717) is 37.7 Å². The minimum absolute atomic E-state index is 0.0641. The van der Waals surface area contributed by atoms with Gasteiger partial charge in [0.1, 0.15) is 5.69 Å². The topological polar surface area (TPSA) is 88.0 Å². The zero-order valence-electron chi connectivity index (χ0n) is 18.5. The number of hydrogen-bond acceptors (Lipinski definition) is 6. The van der Waals surface area contributed by atoms with Gasteiger partial charge in [-0.25, -0.2) is 0 Å². The van der Waals surface area contributed by atoms with Crippen LogP contribution >= 0.6 is 0 Å². The number of anilines is 2. The lowest BCUT2D eigenvalue weighted by Gasteiger charge is -2.30. The van der Waals surface area contributed by atoms with Crippen molar-refractivity contribution in [2.75, 3.05) is 49.6 Å². The van der Waals surface area contributed by atoms with Crippen molar-refractivity contribution in [1.82, 2.24) is 4.90 Å². The highest BCUT2D eigenvalue weighted by Gasteiger charge is 2.23. The zero-order chi connectivity index (χ0) is 22.5. The molecule has 2 aliphatic rings. The van der Waals surface area contributed by atoms with Crippen molar-refractivity contribution in [3.05, 3.63) is 63.7 Å². The second-order valence-electron chi connectivity index (χ2n) is 8.67. The standard InChI is InChI=1S/C24H30N4O4/c1-18-8-10-26(11-9-18)17-19-2-5-21(6-3-19)25-24(29)20-4-7-22(23(16-20)28(30)31)27-12-14-32-15-13-27/h2-7,16,18H,8-15,17H2,1H3,(H,25,29). The summed E-state index contributed by atoms with van der Waals surface area (Å²) >= 11 is 0. The van der Waals surface area contributed by atoms with E-state index in [0.717, 1.165) is 25.6 Å². The summed E-state index contributed by atoms with van der Waals surface area (Å²) in [5.74, 6) is 0.446. The van der Waals surface area contributed by atoms with Gasteiger partial charge in [0, 0.05) is 37.0 Å². The van der Waals surface area contributed by atoms with E-state index in [4.69, 9.17) is 4.74 Å². The van der Waals surface area contributed by atoms with Crippen LogP contribution in [0.4, 0.5) is 17.1 Å². The number of benzene rings is 2. The molecule has 1 amide bonds. The zero-order valence-corrected chi connectivity index (χ0v) is 18.5. The molecule has 2 saturated heterocycles. The molecule has 2 aromatic carbocycles. The summed E-state index contributed by atoms with van der Waals surface area (Å²) in [6.45, 7) is 7.72. The number of carbonyl (C=O) groups is 1. The molecule has 170 valence electrons. The molecule has 2 aliphatic heterocycles. The average molecular weight is 439 g/mol. The quantitative estimate of drug-likeness (QED) is 0.543. The lowest BCUT2D eigenvalue weighted by Crippen LogP contribution is -2.36. The van der Waals surface area contributed by atoms with Crippen molar-refractivity contribution in [2.24, 2.45) is 5.92 Å². The summed E-state index contributed by atoms with van der Waals surface area (Å²) in [5, 5.41) is 14.5. The third-order valence-corrected chi connectivity index (χ3v) is 6.28. The van der Waals surface area contributed by atoms with Gasteiger partial charge in [0.05, 0.1) is 18.1 Å². The number of nitro groups is 1. The van der Waals surface area contributed by atoms with Gasteiger partial charge >= 0.3 is 0 Å². The van der Waals surface area contributed by atoms with E-state index in [1.54, 1.807) is 12.1 Å². The Balaban J connectivity index is 1.40. The van der Waals surface area contributed by atoms with E-state index >= 15 is 0 Å². The highest BCUT2D eigenvalue weighted by molar-refractivity contribution is 6.05. The Hall–Kier alpha value is -2.97. The SMILES string of the molecule is CC1CCN(Cc2ccc(NC(=O)c3ccc(N4CCOCC4)c([N+](=O)[O-])c3)cc2)CC1. The minimum Gasteiger partial charge on any atom is -0.378 e. The predicted molar refractivity (Wildman–Crippen MR) is 124 cm³/mol. The molecule has 0 radical (unpaired) electrons. The second kappa shape index (κ2) is 10.1. The molecule has 0 spiro atoms. The lowest BCUT2D eigenvalue weighted by atomic mass is 9.99. The first-order valence-electron chi connectivity index (χ1n) is 11.2. The number of amides is 1. The van der Waals surface area contributed by atoms with E-state index in [9.17, 15) is 14.9 Å². The van der Waals surface area contributed by atoms with Crippen molar-refractivity contribution in [3.63, 3.8) is 0 Å². The summed E-state index contributed by atoms with van der Waals surface area (Å²) in [5.41, 5.74) is 2.60. The number of nitro benzene ring substituents is 1. The number of ether oxygens (including phenoxy) is 1. The molecule has 8 heteroatoms. The van der Waals surface area contributed by atoms with Crippen LogP contribution in [-0.2, 0) is 11.3 Å². The Morgan fingerprint density at radius 1 is 1.09 bits per heavy atom. The highest BCUT2D eigenvalue weighted by atomic mass is 16.6. The van der Waals surface area contributed by atoms with Crippen LogP contribution in [0.3, 0.4) is 0 Å². The van der Waals surface area contributed by atoms with Crippen molar-refractivity contribution >= 4 is 23.0 Å². The van der Waals surface area contributed by atoms with Gasteiger partial charge in [-0.05, 0) is 61.7 Å². The van der Waals surface area contributed by atoms with Crippen LogP contribution in [0.2, 0.25) is 0 Å². The minimum atomic E-state index is -0.433. The largest absolute Gasteiger partial charge is 0.378 e. The number of nitrogens with zero attached hydrogens (tertiary/aromatic N) is 3. The fourth-order valence-corrected chi connectivity index (χ4v) is 4.26. The predicted octanol–water partition coefficient (Wildman–Crippen LogP) is 3.92. The van der Waals surface area contributed by atoms with Crippen molar-refractivity contribution in [3.8, 4) is 0 Å². The van der Waals surface area contributed by atoms with Crippen LogP contribution in [0.1, 0.15) is 35.7 Å². The maximum Gasteiger partial charge on any atom is 0.293 e. The maximum absolute atomic E-state index is 12.7. The summed E-state index contributed by atoms with van der Waals surface area (Å²) < 4.78 is 5.33. The van der Waals surface area contributed by atoms with E-state index in [1.807, 2.05) is 29.2 Å². The lowest BCUT2D eigenvalue weighted by molar-refractivity contribution is -0.384. The monoisotopic (exact) mass is 438 g/mol. The van der Waals surface area contributed by atoms with Crippen molar-refractivity contribution in [1.29, 1.82) is 0 Å². The Bertz CT molecular complexity index is 949. The maximum atomic E-state index is 12.7. The molecule has 0 saturated carbocycles. The Morgan fingerprint density at radius 2 is 1.78 bits per heavy atom. The molecule has 2 heterocycles. The van der Waals surface area contributed by atoms with Gasteiger partial charge in [-0.3, -0.25) is 19.8 Å². The van der Waals surface area contributed by atoms with Crippen LogP contribution in [0.25, 0.3) is 0 Å². The van der Waals surface area contributed by atoms with Gasteiger partial charge in [-0.15, -0.1) is 0 Å². The third kappa shape index (κ3) is 5.44. The van der Waals surface area contributed by atoms with Gasteiger partial charge < -0.3 is 15.0 Å². The smallest absolute Gasteiger partial charge is 0.293 e. The molecule has 8 nitrogen and oxygen atoms in total. The number of rotatable bonds is 6. The van der Waals surface area contributed by atoms with E-state index < -0.39 is 4.92 Å². The summed E-state index contributed by atoms with van der Waals surface area (Å²) in [6.07, 6.45) is 2.48. The molecule has 32 heavy (non-hydrogen) atoms. The normalized spacial score (nSPS) is 17.8. The van der Waals surface area contributed by atoms with Crippen LogP contribution in [0.5, 0.6) is 0 Å². The van der Waals surface area contributed by atoms with Gasteiger partial charge in [-0.2, -0.15) is 0 Å². The summed E-state index contributed by atoms with van der Waals surface area (Å²) in [7, 11) is 0. The van der Waals surface area contributed by atoms with Gasteiger partial charge in [0.25, 0.3) is 11.6 Å². The molecule has 0 atom stereocenters. The van der Waals surface area contributed by atoms with Crippen LogP contribution in [0.15, 0.2) is 42.5 Å². The van der Waals surface area contributed by atoms with Crippen LogP contribution in [0, 0.1) is 16.0 Å². The average Bonchev–Trinajstić information content (AvgIpc) is 2.82. The molecular formula is C24H30N4O4. The number of morpholine rings is 1. The van der Waals surface area contributed by atoms with E-state index in [2.05, 4.69) is 17.1 Å². The fourth-order valence-electron chi connectivity index (χ4n) is 4.26.